The van der Waals surface area contributed by atoms with Crippen LogP contribution in [0.2, 0.25) is 0 Å². The number of nitrogens with zero attached hydrogens (tertiary/aromatic N) is 3. The van der Waals surface area contributed by atoms with Crippen molar-refractivity contribution in [3.05, 3.63) is 46.2 Å². The highest BCUT2D eigenvalue weighted by Crippen LogP contribution is 2.16. The van der Waals surface area contributed by atoms with Gasteiger partial charge in [-0.2, -0.15) is 0 Å². The minimum atomic E-state index is -0.457. The Morgan fingerprint density at radius 3 is 2.95 bits per heavy atom. The van der Waals surface area contributed by atoms with Crippen LogP contribution in [0, 0.1) is 5.82 Å². The largest absolute Gasteiger partial charge is 0.352 e. The second kappa shape index (κ2) is 5.92. The summed E-state index contributed by atoms with van der Waals surface area (Å²) < 4.78 is 15.4. The van der Waals surface area contributed by atoms with Crippen LogP contribution in [0.3, 0.4) is 0 Å². The number of hydrogen-bond acceptors (Lipinski definition) is 3. The predicted molar refractivity (Wildman–Crippen MR) is 71.1 cm³/mol. The van der Waals surface area contributed by atoms with E-state index in [1.807, 2.05) is 7.05 Å². The normalized spacial score (nSPS) is 10.5. The van der Waals surface area contributed by atoms with Crippen molar-refractivity contribution in [1.82, 2.24) is 20.1 Å². The number of amides is 1. The lowest BCUT2D eigenvalue weighted by Crippen LogP contribution is -2.26. The number of aryl methyl sites for hydroxylation is 1. The third-order valence-corrected chi connectivity index (χ3v) is 3.26. The van der Waals surface area contributed by atoms with Gasteiger partial charge < -0.3 is 9.88 Å². The van der Waals surface area contributed by atoms with Crippen LogP contribution >= 0.6 is 15.9 Å². The smallest absolute Gasteiger partial charge is 0.251 e. The molecule has 0 aliphatic rings. The monoisotopic (exact) mass is 326 g/mol. The van der Waals surface area contributed by atoms with Crippen LogP contribution in [-0.2, 0) is 13.5 Å². The zero-order valence-electron chi connectivity index (χ0n) is 10.2. The van der Waals surface area contributed by atoms with Crippen molar-refractivity contribution >= 4 is 21.8 Å². The number of halogens is 2. The molecule has 0 aliphatic heterocycles. The first-order chi connectivity index (χ1) is 9.08. The fraction of sp³-hybridized carbons (Fsp3) is 0.250. The Kier molecular flexibility index (Phi) is 4.26. The predicted octanol–water partition coefficient (Wildman–Crippen LogP) is 1.69. The molecule has 0 bridgehead atoms. The SMILES string of the molecule is Cn1cnnc1CCNC(=O)c1ccc(Br)c(F)c1. The first-order valence-electron chi connectivity index (χ1n) is 5.64. The van der Waals surface area contributed by atoms with E-state index in [0.717, 1.165) is 5.82 Å². The lowest BCUT2D eigenvalue weighted by atomic mass is 10.2. The van der Waals surface area contributed by atoms with E-state index < -0.39 is 5.82 Å². The van der Waals surface area contributed by atoms with Gasteiger partial charge in [-0.1, -0.05) is 0 Å². The van der Waals surface area contributed by atoms with Crippen molar-refractivity contribution in [2.24, 2.45) is 7.05 Å². The lowest BCUT2D eigenvalue weighted by Gasteiger charge is -2.05. The van der Waals surface area contributed by atoms with Gasteiger partial charge >= 0.3 is 0 Å². The quantitative estimate of drug-likeness (QED) is 0.930. The molecule has 0 saturated carbocycles. The summed E-state index contributed by atoms with van der Waals surface area (Å²) in [6.07, 6.45) is 2.17. The van der Waals surface area contributed by atoms with E-state index in [9.17, 15) is 9.18 Å². The van der Waals surface area contributed by atoms with Crippen LogP contribution in [0.25, 0.3) is 0 Å². The molecule has 0 unspecified atom stereocenters. The highest BCUT2D eigenvalue weighted by atomic mass is 79.9. The van der Waals surface area contributed by atoms with Gasteiger partial charge in [0.05, 0.1) is 4.47 Å². The fourth-order valence-electron chi connectivity index (χ4n) is 1.56. The molecule has 0 fully saturated rings. The van der Waals surface area contributed by atoms with Gasteiger partial charge in [0.15, 0.2) is 0 Å². The van der Waals surface area contributed by atoms with E-state index >= 15 is 0 Å². The number of benzene rings is 1. The number of carbonyl (C=O) groups excluding carboxylic acids is 1. The number of aromatic nitrogens is 3. The van der Waals surface area contributed by atoms with Crippen molar-refractivity contribution < 1.29 is 9.18 Å². The van der Waals surface area contributed by atoms with Crippen molar-refractivity contribution in [1.29, 1.82) is 0 Å². The second-order valence-corrected chi connectivity index (χ2v) is 4.85. The minimum absolute atomic E-state index is 0.290. The third kappa shape index (κ3) is 3.37. The van der Waals surface area contributed by atoms with Gasteiger partial charge in [-0.05, 0) is 34.1 Å². The van der Waals surface area contributed by atoms with E-state index in [4.69, 9.17) is 0 Å². The standard InChI is InChI=1S/C12H12BrFN4O/c1-18-7-16-17-11(18)4-5-15-12(19)8-2-3-9(13)10(14)6-8/h2-3,6-7H,4-5H2,1H3,(H,15,19). The molecule has 0 saturated heterocycles. The molecule has 7 heteroatoms. The molecule has 1 aromatic carbocycles. The van der Waals surface area contributed by atoms with Gasteiger partial charge in [-0.25, -0.2) is 4.39 Å². The molecule has 2 aromatic rings. The van der Waals surface area contributed by atoms with Gasteiger partial charge in [-0.3, -0.25) is 4.79 Å². The maximum atomic E-state index is 13.3. The molecule has 0 radical (unpaired) electrons. The number of carbonyl (C=O) groups is 1. The zero-order valence-corrected chi connectivity index (χ0v) is 11.8. The summed E-state index contributed by atoms with van der Waals surface area (Å²) in [4.78, 5) is 11.8. The summed E-state index contributed by atoms with van der Waals surface area (Å²) in [5.74, 6) is 0.0109. The molecule has 1 aromatic heterocycles. The summed E-state index contributed by atoms with van der Waals surface area (Å²) in [6, 6.07) is 4.26. The Balaban J connectivity index is 1.91. The molecular weight excluding hydrogens is 315 g/mol. The van der Waals surface area contributed by atoms with Crippen LogP contribution in [0.5, 0.6) is 0 Å². The summed E-state index contributed by atoms with van der Waals surface area (Å²) in [5.41, 5.74) is 0.290. The molecule has 100 valence electrons. The highest BCUT2D eigenvalue weighted by molar-refractivity contribution is 9.10. The molecule has 0 spiro atoms. The molecular formula is C12H12BrFN4O. The number of nitrogens with one attached hydrogen (secondary N) is 1. The highest BCUT2D eigenvalue weighted by Gasteiger charge is 2.08. The van der Waals surface area contributed by atoms with Crippen LogP contribution in [0.15, 0.2) is 29.0 Å². The van der Waals surface area contributed by atoms with Crippen LogP contribution in [-0.4, -0.2) is 27.2 Å². The Morgan fingerprint density at radius 2 is 2.32 bits per heavy atom. The molecule has 1 N–H and O–H groups in total. The van der Waals surface area contributed by atoms with Crippen LogP contribution < -0.4 is 5.32 Å². The van der Waals surface area contributed by atoms with Crippen molar-refractivity contribution in [2.75, 3.05) is 6.54 Å². The Hall–Kier alpha value is -1.76. The summed E-state index contributed by atoms with van der Waals surface area (Å²) in [5, 5.41) is 10.4. The van der Waals surface area contributed by atoms with E-state index in [1.54, 1.807) is 17.0 Å². The Labute approximate surface area is 118 Å². The molecule has 19 heavy (non-hydrogen) atoms. The topological polar surface area (TPSA) is 59.8 Å². The van der Waals surface area contributed by atoms with Crippen LogP contribution in [0.1, 0.15) is 16.2 Å². The van der Waals surface area contributed by atoms with Crippen molar-refractivity contribution in [3.63, 3.8) is 0 Å². The minimum Gasteiger partial charge on any atom is -0.352 e. The first-order valence-corrected chi connectivity index (χ1v) is 6.43. The number of hydrogen-bond donors (Lipinski definition) is 1. The van der Waals surface area contributed by atoms with Gasteiger partial charge in [-0.15, -0.1) is 10.2 Å². The Morgan fingerprint density at radius 1 is 1.53 bits per heavy atom. The second-order valence-electron chi connectivity index (χ2n) is 3.99. The van der Waals surface area contributed by atoms with Gasteiger partial charge in [0.1, 0.15) is 18.0 Å². The fourth-order valence-corrected chi connectivity index (χ4v) is 1.81. The zero-order chi connectivity index (χ0) is 13.8. The molecule has 0 atom stereocenters. The summed E-state index contributed by atoms with van der Waals surface area (Å²) in [7, 11) is 1.83. The Bertz CT molecular complexity index is 599. The van der Waals surface area contributed by atoms with E-state index in [-0.39, 0.29) is 5.91 Å². The average Bonchev–Trinajstić information content (AvgIpc) is 2.78. The van der Waals surface area contributed by atoms with E-state index in [1.165, 1.54) is 12.1 Å². The lowest BCUT2D eigenvalue weighted by molar-refractivity contribution is 0.0953. The molecule has 5 nitrogen and oxygen atoms in total. The van der Waals surface area contributed by atoms with E-state index in [0.29, 0.717) is 23.0 Å². The van der Waals surface area contributed by atoms with Gasteiger partial charge in [0.2, 0.25) is 0 Å². The van der Waals surface area contributed by atoms with Gasteiger partial charge in [0.25, 0.3) is 5.91 Å². The molecule has 1 heterocycles. The van der Waals surface area contributed by atoms with Crippen molar-refractivity contribution in [3.8, 4) is 0 Å². The maximum absolute atomic E-state index is 13.3. The summed E-state index contributed by atoms with van der Waals surface area (Å²) >= 11 is 3.04. The van der Waals surface area contributed by atoms with Crippen molar-refractivity contribution in [2.45, 2.75) is 6.42 Å². The van der Waals surface area contributed by atoms with E-state index in [2.05, 4.69) is 31.4 Å². The van der Waals surface area contributed by atoms with Crippen LogP contribution in [0.4, 0.5) is 4.39 Å². The maximum Gasteiger partial charge on any atom is 0.251 e. The average molecular weight is 327 g/mol. The first kappa shape index (κ1) is 13.7. The van der Waals surface area contributed by atoms with Gasteiger partial charge in [0, 0.05) is 25.6 Å². The molecule has 2 rings (SSSR count). The summed E-state index contributed by atoms with van der Waals surface area (Å²) in [6.45, 7) is 0.420. The molecule has 0 aliphatic carbocycles. The molecule has 1 amide bonds. The number of rotatable bonds is 4. The third-order valence-electron chi connectivity index (χ3n) is 2.62.